The van der Waals surface area contributed by atoms with Crippen molar-refractivity contribution in [2.24, 2.45) is 0 Å². The highest BCUT2D eigenvalue weighted by molar-refractivity contribution is 6.04. The van der Waals surface area contributed by atoms with Gasteiger partial charge in [-0.3, -0.25) is 0 Å². The van der Waals surface area contributed by atoms with E-state index in [1.165, 1.54) is 6.33 Å². The van der Waals surface area contributed by atoms with E-state index in [0.717, 1.165) is 22.0 Å². The van der Waals surface area contributed by atoms with Crippen molar-refractivity contribution in [3.63, 3.8) is 0 Å². The molecule has 14 heavy (non-hydrogen) atoms. The minimum Gasteiger partial charge on any atom is -0.438 e. The van der Waals surface area contributed by atoms with Gasteiger partial charge in [0.1, 0.15) is 11.9 Å². The molecule has 0 radical (unpaired) electrons. The van der Waals surface area contributed by atoms with Gasteiger partial charge in [-0.25, -0.2) is 9.97 Å². The Labute approximate surface area is 80.4 Å². The van der Waals surface area contributed by atoms with E-state index < -0.39 is 0 Å². The van der Waals surface area contributed by atoms with Crippen LogP contribution in [-0.2, 0) is 0 Å². The number of para-hydroxylation sites is 1. The molecule has 0 N–H and O–H groups in total. The van der Waals surface area contributed by atoms with Crippen molar-refractivity contribution in [1.82, 2.24) is 9.97 Å². The van der Waals surface area contributed by atoms with Crippen LogP contribution in [0.2, 0.25) is 0 Å². The molecule has 0 spiro atoms. The van der Waals surface area contributed by atoms with E-state index in [1.54, 1.807) is 0 Å². The number of furan rings is 1. The fraction of sp³-hybridized carbons (Fsp3) is 0.0909. The Hall–Kier alpha value is -1.90. The van der Waals surface area contributed by atoms with Crippen LogP contribution < -0.4 is 0 Å². The van der Waals surface area contributed by atoms with Gasteiger partial charge in [-0.05, 0) is 13.0 Å². The van der Waals surface area contributed by atoms with Crippen LogP contribution in [0.5, 0.6) is 0 Å². The van der Waals surface area contributed by atoms with Gasteiger partial charge < -0.3 is 4.42 Å². The van der Waals surface area contributed by atoms with Crippen molar-refractivity contribution >= 4 is 22.1 Å². The molecule has 0 amide bonds. The van der Waals surface area contributed by atoms with E-state index in [4.69, 9.17) is 4.42 Å². The van der Waals surface area contributed by atoms with Gasteiger partial charge in [0.2, 0.25) is 5.71 Å². The number of aromatic nitrogens is 2. The van der Waals surface area contributed by atoms with Crippen LogP contribution >= 0.6 is 0 Å². The molecule has 3 heteroatoms. The van der Waals surface area contributed by atoms with Gasteiger partial charge in [0.25, 0.3) is 0 Å². The summed E-state index contributed by atoms with van der Waals surface area (Å²) in [4.78, 5) is 8.26. The van der Waals surface area contributed by atoms with Gasteiger partial charge in [-0.2, -0.15) is 0 Å². The molecule has 0 aliphatic heterocycles. The fourth-order valence-corrected chi connectivity index (χ4v) is 1.71. The summed E-state index contributed by atoms with van der Waals surface area (Å²) < 4.78 is 5.58. The molecule has 0 saturated carbocycles. The van der Waals surface area contributed by atoms with Gasteiger partial charge >= 0.3 is 0 Å². The summed E-state index contributed by atoms with van der Waals surface area (Å²) in [6.07, 6.45) is 1.53. The van der Waals surface area contributed by atoms with Crippen molar-refractivity contribution in [2.45, 2.75) is 6.92 Å². The first-order chi connectivity index (χ1) is 6.86. The molecular weight excluding hydrogens is 176 g/mol. The molecule has 68 valence electrons. The summed E-state index contributed by atoms with van der Waals surface area (Å²) in [7, 11) is 0. The number of aryl methyl sites for hydroxylation is 1. The second-order valence-electron chi connectivity index (χ2n) is 3.24. The zero-order chi connectivity index (χ0) is 9.54. The monoisotopic (exact) mass is 184 g/mol. The lowest BCUT2D eigenvalue weighted by Crippen LogP contribution is -1.82. The zero-order valence-electron chi connectivity index (χ0n) is 7.69. The average molecular weight is 184 g/mol. The predicted molar refractivity (Wildman–Crippen MR) is 54.0 cm³/mol. The highest BCUT2D eigenvalue weighted by atomic mass is 16.3. The maximum Gasteiger partial charge on any atom is 0.230 e. The Bertz CT molecular complexity index is 613. The summed E-state index contributed by atoms with van der Waals surface area (Å²) in [6.45, 7) is 1.96. The van der Waals surface area contributed by atoms with E-state index >= 15 is 0 Å². The molecule has 0 fully saturated rings. The van der Waals surface area contributed by atoms with Crippen LogP contribution in [0.4, 0.5) is 0 Å². The molecule has 2 heterocycles. The minimum atomic E-state index is 0.665. The van der Waals surface area contributed by atoms with Gasteiger partial charge in [-0.15, -0.1) is 0 Å². The van der Waals surface area contributed by atoms with Crippen LogP contribution in [0.15, 0.2) is 35.0 Å². The second kappa shape index (κ2) is 2.54. The lowest BCUT2D eigenvalue weighted by molar-refractivity contribution is 0.652. The normalized spacial score (nSPS) is 11.2. The van der Waals surface area contributed by atoms with Gasteiger partial charge in [0.15, 0.2) is 0 Å². The number of benzene rings is 1. The molecule has 2 aromatic heterocycles. The lowest BCUT2D eigenvalue weighted by atomic mass is 10.2. The maximum absolute atomic E-state index is 5.58. The summed E-state index contributed by atoms with van der Waals surface area (Å²) in [5, 5.41) is 2.10. The molecule has 0 saturated heterocycles. The van der Waals surface area contributed by atoms with Crippen LogP contribution in [0.25, 0.3) is 22.1 Å². The molecule has 1 aromatic carbocycles. The topological polar surface area (TPSA) is 38.9 Å². The number of nitrogens with zero attached hydrogens (tertiary/aromatic N) is 2. The first-order valence-electron chi connectivity index (χ1n) is 4.45. The first-order valence-corrected chi connectivity index (χ1v) is 4.45. The number of fused-ring (bicyclic) bond motifs is 3. The van der Waals surface area contributed by atoms with Crippen molar-refractivity contribution in [3.8, 4) is 0 Å². The van der Waals surface area contributed by atoms with Crippen molar-refractivity contribution in [3.05, 3.63) is 36.3 Å². The Morgan fingerprint density at radius 1 is 1.14 bits per heavy atom. The largest absolute Gasteiger partial charge is 0.438 e. The summed E-state index contributed by atoms with van der Waals surface area (Å²) >= 11 is 0. The molecule has 0 aliphatic carbocycles. The average Bonchev–Trinajstić information content (AvgIpc) is 2.57. The summed E-state index contributed by atoms with van der Waals surface area (Å²) in [6, 6.07) is 7.91. The Balaban J connectivity index is 2.65. The standard InChI is InChI=1S/C11H8N2O/c1-7-10-8-4-2-3-5-9(8)14-11(10)13-6-12-7/h2-6H,1H3. The van der Waals surface area contributed by atoms with E-state index in [2.05, 4.69) is 9.97 Å². The van der Waals surface area contributed by atoms with Crippen LogP contribution in [0.1, 0.15) is 5.69 Å². The van der Waals surface area contributed by atoms with Gasteiger partial charge in [0, 0.05) is 5.39 Å². The third-order valence-corrected chi connectivity index (χ3v) is 2.37. The molecule has 3 rings (SSSR count). The van der Waals surface area contributed by atoms with Gasteiger partial charge in [-0.1, -0.05) is 18.2 Å². The number of rotatable bonds is 0. The molecule has 0 unspecified atom stereocenters. The van der Waals surface area contributed by atoms with Gasteiger partial charge in [0.05, 0.1) is 11.1 Å². The first kappa shape index (κ1) is 7.50. The smallest absolute Gasteiger partial charge is 0.230 e. The second-order valence-corrected chi connectivity index (χ2v) is 3.24. The molecular formula is C11H8N2O. The van der Waals surface area contributed by atoms with Crippen LogP contribution in [-0.4, -0.2) is 9.97 Å². The van der Waals surface area contributed by atoms with Crippen molar-refractivity contribution in [1.29, 1.82) is 0 Å². The van der Waals surface area contributed by atoms with E-state index in [0.29, 0.717) is 5.71 Å². The van der Waals surface area contributed by atoms with E-state index in [1.807, 2.05) is 31.2 Å². The minimum absolute atomic E-state index is 0.665. The number of hydrogen-bond donors (Lipinski definition) is 0. The molecule has 0 bridgehead atoms. The highest BCUT2D eigenvalue weighted by Gasteiger charge is 2.09. The Morgan fingerprint density at radius 2 is 2.00 bits per heavy atom. The van der Waals surface area contributed by atoms with E-state index in [-0.39, 0.29) is 0 Å². The summed E-state index contributed by atoms with van der Waals surface area (Å²) in [5.74, 6) is 0. The molecule has 3 aromatic rings. The SMILES string of the molecule is Cc1ncnc2oc3ccccc3c12. The van der Waals surface area contributed by atoms with Crippen molar-refractivity contribution < 1.29 is 4.42 Å². The molecule has 0 atom stereocenters. The highest BCUT2D eigenvalue weighted by Crippen LogP contribution is 2.27. The fourth-order valence-electron chi connectivity index (χ4n) is 1.71. The predicted octanol–water partition coefficient (Wildman–Crippen LogP) is 2.68. The third-order valence-electron chi connectivity index (χ3n) is 2.37. The lowest BCUT2D eigenvalue weighted by Gasteiger charge is -1.91. The third kappa shape index (κ3) is 0.865. The van der Waals surface area contributed by atoms with Crippen LogP contribution in [0.3, 0.4) is 0 Å². The quantitative estimate of drug-likeness (QED) is 0.539. The Kier molecular flexibility index (Phi) is 1.36. The van der Waals surface area contributed by atoms with Crippen LogP contribution in [0, 0.1) is 6.92 Å². The molecule has 3 nitrogen and oxygen atoms in total. The maximum atomic E-state index is 5.58. The zero-order valence-corrected chi connectivity index (χ0v) is 7.69. The Morgan fingerprint density at radius 3 is 2.93 bits per heavy atom. The van der Waals surface area contributed by atoms with Crippen molar-refractivity contribution in [2.75, 3.05) is 0 Å². The van der Waals surface area contributed by atoms with E-state index in [9.17, 15) is 0 Å². The number of hydrogen-bond acceptors (Lipinski definition) is 3. The summed E-state index contributed by atoms with van der Waals surface area (Å²) in [5.41, 5.74) is 2.49. The molecule has 0 aliphatic rings.